The van der Waals surface area contributed by atoms with Crippen LogP contribution < -0.4 is 5.32 Å². The quantitative estimate of drug-likeness (QED) is 0.890. The summed E-state index contributed by atoms with van der Waals surface area (Å²) < 4.78 is 14.3. The second-order valence-electron chi connectivity index (χ2n) is 5.04. The van der Waals surface area contributed by atoms with Crippen molar-refractivity contribution in [3.8, 4) is 0 Å². The molecule has 0 atom stereocenters. The Balaban J connectivity index is 1.59. The van der Waals surface area contributed by atoms with Crippen LogP contribution in [0.3, 0.4) is 0 Å². The Kier molecular flexibility index (Phi) is 3.94. The van der Waals surface area contributed by atoms with E-state index in [1.807, 2.05) is 6.20 Å². The number of fused-ring (bicyclic) bond motifs is 1. The highest BCUT2D eigenvalue weighted by Gasteiger charge is 2.14. The number of imidazole rings is 1. The van der Waals surface area contributed by atoms with Crippen LogP contribution in [0.25, 0.3) is 0 Å². The van der Waals surface area contributed by atoms with Crippen molar-refractivity contribution in [3.05, 3.63) is 23.9 Å². The Hall–Kier alpha value is -2.25. The standard InChI is InChI=1S/C13H17FN6O/c14-4-6-20-15-8-11(18-20)17-13(21)7-10-9-19-5-2-1-3-12(19)16-10/h8-9H,1-7H2,(H,17,18,21). The number of rotatable bonds is 5. The molecule has 7 nitrogen and oxygen atoms in total. The first kappa shape index (κ1) is 13.7. The van der Waals surface area contributed by atoms with Crippen LogP contribution in [-0.4, -0.2) is 37.1 Å². The third-order valence-electron chi connectivity index (χ3n) is 3.39. The maximum absolute atomic E-state index is 12.2. The first-order chi connectivity index (χ1) is 10.2. The van der Waals surface area contributed by atoms with Gasteiger partial charge in [0.25, 0.3) is 0 Å². The minimum Gasteiger partial charge on any atom is -0.335 e. The summed E-state index contributed by atoms with van der Waals surface area (Å²) in [4.78, 5) is 17.6. The summed E-state index contributed by atoms with van der Waals surface area (Å²) >= 11 is 0. The number of hydrogen-bond donors (Lipinski definition) is 1. The van der Waals surface area contributed by atoms with E-state index in [1.54, 1.807) is 0 Å². The molecule has 1 N–H and O–H groups in total. The number of anilines is 1. The van der Waals surface area contributed by atoms with Crippen molar-refractivity contribution in [1.82, 2.24) is 24.5 Å². The average Bonchev–Trinajstić information content (AvgIpc) is 3.05. The summed E-state index contributed by atoms with van der Waals surface area (Å²) in [6.45, 7) is 0.521. The van der Waals surface area contributed by atoms with Gasteiger partial charge in [0.15, 0.2) is 5.82 Å². The minimum atomic E-state index is -0.539. The molecule has 3 heterocycles. The summed E-state index contributed by atoms with van der Waals surface area (Å²) in [5.74, 6) is 1.19. The van der Waals surface area contributed by atoms with Crippen LogP contribution in [0.5, 0.6) is 0 Å². The van der Waals surface area contributed by atoms with E-state index >= 15 is 0 Å². The minimum absolute atomic E-state index is 0.0869. The zero-order chi connectivity index (χ0) is 14.7. The molecule has 0 radical (unpaired) electrons. The molecule has 2 aromatic rings. The average molecular weight is 292 g/mol. The fraction of sp³-hybridized carbons (Fsp3) is 0.538. The second-order valence-corrected chi connectivity index (χ2v) is 5.04. The molecular weight excluding hydrogens is 275 g/mol. The van der Waals surface area contributed by atoms with Crippen LogP contribution in [0.1, 0.15) is 24.4 Å². The fourth-order valence-electron chi connectivity index (χ4n) is 2.45. The van der Waals surface area contributed by atoms with Gasteiger partial charge in [0, 0.05) is 19.2 Å². The number of aromatic nitrogens is 5. The fourth-order valence-corrected chi connectivity index (χ4v) is 2.45. The molecule has 0 spiro atoms. The Morgan fingerprint density at radius 2 is 2.33 bits per heavy atom. The van der Waals surface area contributed by atoms with Crippen molar-refractivity contribution in [2.24, 2.45) is 0 Å². The number of nitrogens with one attached hydrogen (secondary N) is 1. The molecule has 3 rings (SSSR count). The number of amides is 1. The van der Waals surface area contributed by atoms with Crippen molar-refractivity contribution >= 4 is 11.7 Å². The highest BCUT2D eigenvalue weighted by atomic mass is 19.1. The predicted octanol–water partition coefficient (Wildman–Crippen LogP) is 0.962. The van der Waals surface area contributed by atoms with Crippen LogP contribution >= 0.6 is 0 Å². The summed E-state index contributed by atoms with van der Waals surface area (Å²) in [6, 6.07) is 0. The van der Waals surface area contributed by atoms with Gasteiger partial charge in [-0.05, 0) is 12.8 Å². The largest absolute Gasteiger partial charge is 0.335 e. The SMILES string of the molecule is O=C(Cc1cn2c(n1)CCCC2)Nc1cnn(CCF)n1. The van der Waals surface area contributed by atoms with Gasteiger partial charge in [-0.2, -0.15) is 9.90 Å². The van der Waals surface area contributed by atoms with Crippen molar-refractivity contribution in [2.75, 3.05) is 12.0 Å². The molecule has 2 aromatic heterocycles. The number of carbonyl (C=O) groups excluding carboxylic acids is 1. The molecule has 1 amide bonds. The molecule has 1 aliphatic heterocycles. The van der Waals surface area contributed by atoms with Gasteiger partial charge < -0.3 is 9.88 Å². The van der Waals surface area contributed by atoms with E-state index in [0.29, 0.717) is 5.82 Å². The lowest BCUT2D eigenvalue weighted by molar-refractivity contribution is -0.115. The predicted molar refractivity (Wildman–Crippen MR) is 73.5 cm³/mol. The Morgan fingerprint density at radius 1 is 1.43 bits per heavy atom. The molecule has 0 aromatic carbocycles. The highest BCUT2D eigenvalue weighted by molar-refractivity contribution is 5.90. The Bertz CT molecular complexity index is 611. The van der Waals surface area contributed by atoms with Gasteiger partial charge in [-0.3, -0.25) is 4.79 Å². The van der Waals surface area contributed by atoms with Gasteiger partial charge in [0.05, 0.1) is 24.9 Å². The van der Waals surface area contributed by atoms with E-state index in [9.17, 15) is 9.18 Å². The summed E-state index contributed by atoms with van der Waals surface area (Å²) in [6.07, 6.45) is 6.84. The maximum atomic E-state index is 12.2. The summed E-state index contributed by atoms with van der Waals surface area (Å²) in [7, 11) is 0. The number of aryl methyl sites for hydroxylation is 3. The summed E-state index contributed by atoms with van der Waals surface area (Å²) in [5.41, 5.74) is 0.764. The second kappa shape index (κ2) is 6.02. The van der Waals surface area contributed by atoms with Crippen LogP contribution in [0, 0.1) is 0 Å². The van der Waals surface area contributed by atoms with E-state index in [0.717, 1.165) is 37.3 Å². The van der Waals surface area contributed by atoms with Gasteiger partial charge in [-0.1, -0.05) is 0 Å². The third-order valence-corrected chi connectivity index (χ3v) is 3.39. The molecule has 0 saturated carbocycles. The first-order valence-corrected chi connectivity index (χ1v) is 7.05. The first-order valence-electron chi connectivity index (χ1n) is 7.05. The van der Waals surface area contributed by atoms with Gasteiger partial charge in [0.2, 0.25) is 5.91 Å². The molecule has 0 fully saturated rings. The van der Waals surface area contributed by atoms with Crippen molar-refractivity contribution in [2.45, 2.75) is 38.8 Å². The number of halogens is 1. The van der Waals surface area contributed by atoms with Crippen LogP contribution in [0.2, 0.25) is 0 Å². The number of carbonyl (C=O) groups is 1. The molecule has 0 saturated heterocycles. The van der Waals surface area contributed by atoms with E-state index < -0.39 is 6.67 Å². The zero-order valence-electron chi connectivity index (χ0n) is 11.6. The van der Waals surface area contributed by atoms with Crippen LogP contribution in [0.15, 0.2) is 12.4 Å². The normalized spacial score (nSPS) is 14.0. The van der Waals surface area contributed by atoms with Crippen LogP contribution in [0.4, 0.5) is 10.2 Å². The third kappa shape index (κ3) is 3.26. The van der Waals surface area contributed by atoms with E-state index in [4.69, 9.17) is 0 Å². The lowest BCUT2D eigenvalue weighted by Gasteiger charge is -2.11. The molecular formula is C13H17FN6O. The molecule has 0 aliphatic carbocycles. The molecule has 8 heteroatoms. The molecule has 0 bridgehead atoms. The Morgan fingerprint density at radius 3 is 3.14 bits per heavy atom. The van der Waals surface area contributed by atoms with Crippen molar-refractivity contribution in [1.29, 1.82) is 0 Å². The molecule has 21 heavy (non-hydrogen) atoms. The lowest BCUT2D eigenvalue weighted by atomic mass is 10.2. The van der Waals surface area contributed by atoms with Gasteiger partial charge in [-0.15, -0.1) is 5.10 Å². The number of nitrogens with zero attached hydrogens (tertiary/aromatic N) is 5. The van der Waals surface area contributed by atoms with E-state index in [1.165, 1.54) is 11.0 Å². The topological polar surface area (TPSA) is 77.6 Å². The highest BCUT2D eigenvalue weighted by Crippen LogP contribution is 2.15. The van der Waals surface area contributed by atoms with E-state index in [2.05, 4.69) is 25.1 Å². The summed E-state index contributed by atoms with van der Waals surface area (Å²) in [5, 5.41) is 10.4. The molecule has 0 unspecified atom stereocenters. The number of hydrogen-bond acceptors (Lipinski definition) is 4. The number of alkyl halides is 1. The molecule has 1 aliphatic rings. The van der Waals surface area contributed by atoms with Gasteiger partial charge in [-0.25, -0.2) is 9.37 Å². The zero-order valence-corrected chi connectivity index (χ0v) is 11.6. The van der Waals surface area contributed by atoms with Gasteiger partial charge >= 0.3 is 0 Å². The lowest BCUT2D eigenvalue weighted by Crippen LogP contribution is -2.15. The van der Waals surface area contributed by atoms with Gasteiger partial charge in [0.1, 0.15) is 12.5 Å². The Labute approximate surface area is 121 Å². The van der Waals surface area contributed by atoms with Crippen molar-refractivity contribution < 1.29 is 9.18 Å². The van der Waals surface area contributed by atoms with Crippen LogP contribution in [-0.2, 0) is 30.7 Å². The van der Waals surface area contributed by atoms with E-state index in [-0.39, 0.29) is 18.9 Å². The monoisotopic (exact) mass is 292 g/mol. The van der Waals surface area contributed by atoms with Crippen molar-refractivity contribution in [3.63, 3.8) is 0 Å². The molecule has 112 valence electrons. The maximum Gasteiger partial charge on any atom is 0.231 e. The smallest absolute Gasteiger partial charge is 0.231 e.